The highest BCUT2D eigenvalue weighted by molar-refractivity contribution is 5.35. The van der Waals surface area contributed by atoms with Gasteiger partial charge >= 0.3 is 0 Å². The van der Waals surface area contributed by atoms with E-state index in [1.54, 1.807) is 0 Å². The van der Waals surface area contributed by atoms with Crippen LogP contribution in [0, 0.1) is 13.8 Å². The molecule has 20 heavy (non-hydrogen) atoms. The molecule has 112 valence electrons. The van der Waals surface area contributed by atoms with E-state index in [4.69, 9.17) is 9.57 Å². The van der Waals surface area contributed by atoms with Crippen LogP contribution >= 0.6 is 0 Å². The zero-order valence-corrected chi connectivity index (χ0v) is 12.4. The number of benzene rings is 1. The Bertz CT molecular complexity index is 416. The number of ether oxygens (including phenoxy) is 1. The molecular formula is C16H25NO3. The fraction of sp³-hybridized carbons (Fsp3) is 0.625. The van der Waals surface area contributed by atoms with Crippen molar-refractivity contribution in [3.05, 3.63) is 29.3 Å². The minimum absolute atomic E-state index is 0.269. The Morgan fingerprint density at radius 2 is 2.05 bits per heavy atom. The summed E-state index contributed by atoms with van der Waals surface area (Å²) in [7, 11) is 0. The topological polar surface area (TPSA) is 50.7 Å². The quantitative estimate of drug-likeness (QED) is 0.753. The van der Waals surface area contributed by atoms with Crippen molar-refractivity contribution in [2.45, 2.75) is 51.7 Å². The number of nitrogens with one attached hydrogen (secondary N) is 1. The molecular weight excluding hydrogens is 254 g/mol. The first-order chi connectivity index (χ1) is 9.65. The Kier molecular flexibility index (Phi) is 5.83. The molecule has 0 saturated heterocycles. The fourth-order valence-electron chi connectivity index (χ4n) is 2.47. The van der Waals surface area contributed by atoms with Gasteiger partial charge in [0.25, 0.3) is 0 Å². The van der Waals surface area contributed by atoms with Crippen LogP contribution in [0.25, 0.3) is 0 Å². The molecule has 0 aliphatic heterocycles. The smallest absolute Gasteiger partial charge is 0.122 e. The molecule has 1 aliphatic carbocycles. The number of aryl methyl sites for hydroxylation is 2. The molecule has 1 unspecified atom stereocenters. The molecule has 0 spiro atoms. The van der Waals surface area contributed by atoms with Gasteiger partial charge in [-0.05, 0) is 38.3 Å². The van der Waals surface area contributed by atoms with Gasteiger partial charge in [-0.1, -0.05) is 30.5 Å². The van der Waals surface area contributed by atoms with Gasteiger partial charge in [-0.25, -0.2) is 0 Å². The molecule has 1 saturated carbocycles. The Morgan fingerprint density at radius 1 is 1.30 bits per heavy atom. The predicted octanol–water partition coefficient (Wildman–Crippen LogP) is 2.51. The maximum atomic E-state index is 9.86. The van der Waals surface area contributed by atoms with E-state index in [2.05, 4.69) is 18.5 Å². The summed E-state index contributed by atoms with van der Waals surface area (Å²) < 4.78 is 5.63. The van der Waals surface area contributed by atoms with Gasteiger partial charge in [0.05, 0.1) is 12.6 Å². The number of hydrogen-bond donors (Lipinski definition) is 2. The highest BCUT2D eigenvalue weighted by Crippen LogP contribution is 2.20. The summed E-state index contributed by atoms with van der Waals surface area (Å²) in [4.78, 5) is 5.50. The second kappa shape index (κ2) is 7.62. The van der Waals surface area contributed by atoms with Crippen LogP contribution in [0.2, 0.25) is 0 Å². The van der Waals surface area contributed by atoms with Gasteiger partial charge in [-0.2, -0.15) is 5.48 Å². The van der Waals surface area contributed by atoms with Crippen molar-refractivity contribution in [1.29, 1.82) is 0 Å². The van der Waals surface area contributed by atoms with Crippen LogP contribution < -0.4 is 10.2 Å². The van der Waals surface area contributed by atoms with Crippen LogP contribution in [0.5, 0.6) is 5.75 Å². The summed E-state index contributed by atoms with van der Waals surface area (Å²) in [5.41, 5.74) is 5.16. The number of rotatable bonds is 7. The van der Waals surface area contributed by atoms with Crippen LogP contribution in [0.4, 0.5) is 0 Å². The zero-order chi connectivity index (χ0) is 14.4. The molecule has 4 nitrogen and oxygen atoms in total. The second-order valence-corrected chi connectivity index (χ2v) is 5.61. The average Bonchev–Trinajstić information content (AvgIpc) is 2.91. The van der Waals surface area contributed by atoms with Crippen molar-refractivity contribution in [1.82, 2.24) is 5.48 Å². The van der Waals surface area contributed by atoms with Crippen LogP contribution in [0.3, 0.4) is 0 Å². The highest BCUT2D eigenvalue weighted by atomic mass is 16.7. The Hall–Kier alpha value is -1.10. The van der Waals surface area contributed by atoms with Crippen molar-refractivity contribution in [2.75, 3.05) is 13.2 Å². The molecule has 1 aliphatic rings. The van der Waals surface area contributed by atoms with Crippen molar-refractivity contribution in [3.8, 4) is 5.75 Å². The Morgan fingerprint density at radius 3 is 2.75 bits per heavy atom. The molecule has 1 aromatic carbocycles. The molecule has 2 rings (SSSR count). The van der Waals surface area contributed by atoms with E-state index in [0.29, 0.717) is 12.6 Å². The minimum atomic E-state index is -0.572. The maximum Gasteiger partial charge on any atom is 0.122 e. The lowest BCUT2D eigenvalue weighted by molar-refractivity contribution is -0.0417. The summed E-state index contributed by atoms with van der Waals surface area (Å²) in [6.07, 6.45) is 4.44. The van der Waals surface area contributed by atoms with E-state index in [1.165, 1.54) is 18.4 Å². The van der Waals surface area contributed by atoms with E-state index in [0.717, 1.165) is 24.2 Å². The van der Waals surface area contributed by atoms with Crippen molar-refractivity contribution < 1.29 is 14.7 Å². The second-order valence-electron chi connectivity index (χ2n) is 5.61. The number of hydrogen-bond acceptors (Lipinski definition) is 4. The van der Waals surface area contributed by atoms with Crippen LogP contribution in [-0.4, -0.2) is 30.5 Å². The van der Waals surface area contributed by atoms with E-state index >= 15 is 0 Å². The third-order valence-corrected chi connectivity index (χ3v) is 3.63. The zero-order valence-electron chi connectivity index (χ0n) is 12.4. The lowest BCUT2D eigenvalue weighted by Gasteiger charge is -2.16. The van der Waals surface area contributed by atoms with Crippen LogP contribution in [-0.2, 0) is 4.84 Å². The van der Waals surface area contributed by atoms with Crippen LogP contribution in [0.15, 0.2) is 18.2 Å². The highest BCUT2D eigenvalue weighted by Gasteiger charge is 2.16. The summed E-state index contributed by atoms with van der Waals surface area (Å²) in [5, 5.41) is 9.86. The normalized spacial score (nSPS) is 17.4. The summed E-state index contributed by atoms with van der Waals surface area (Å²) in [5.74, 6) is 0.825. The van der Waals surface area contributed by atoms with E-state index in [-0.39, 0.29) is 6.61 Å². The molecule has 0 radical (unpaired) electrons. The lowest BCUT2D eigenvalue weighted by Crippen LogP contribution is -2.33. The first-order valence-electron chi connectivity index (χ1n) is 7.42. The van der Waals surface area contributed by atoms with Crippen LogP contribution in [0.1, 0.15) is 36.8 Å². The third-order valence-electron chi connectivity index (χ3n) is 3.63. The van der Waals surface area contributed by atoms with Gasteiger partial charge in [0.15, 0.2) is 0 Å². The molecule has 0 aromatic heterocycles. The van der Waals surface area contributed by atoms with Crippen molar-refractivity contribution in [2.24, 2.45) is 0 Å². The van der Waals surface area contributed by atoms with Gasteiger partial charge in [-0.15, -0.1) is 0 Å². The molecule has 1 aromatic rings. The lowest BCUT2D eigenvalue weighted by atomic mass is 10.1. The fourth-order valence-corrected chi connectivity index (χ4v) is 2.47. The first-order valence-corrected chi connectivity index (χ1v) is 7.42. The van der Waals surface area contributed by atoms with E-state index < -0.39 is 6.10 Å². The Balaban J connectivity index is 1.65. The molecule has 0 bridgehead atoms. The largest absolute Gasteiger partial charge is 0.491 e. The Labute approximate surface area is 121 Å². The maximum absolute atomic E-state index is 9.86. The number of aliphatic hydroxyl groups excluding tert-OH is 1. The van der Waals surface area contributed by atoms with Crippen molar-refractivity contribution in [3.63, 3.8) is 0 Å². The minimum Gasteiger partial charge on any atom is -0.491 e. The third kappa shape index (κ3) is 4.78. The van der Waals surface area contributed by atoms with Gasteiger partial charge < -0.3 is 9.84 Å². The number of hydroxylamine groups is 1. The van der Waals surface area contributed by atoms with E-state index in [1.807, 2.05) is 19.1 Å². The standard InChI is InChI=1S/C16H25NO3/c1-12-7-8-16(13(2)9-12)19-11-14(18)10-17-20-15-5-3-4-6-15/h7-9,14-15,17-18H,3-6,10-11H2,1-2H3. The van der Waals surface area contributed by atoms with Gasteiger partial charge in [0.1, 0.15) is 18.5 Å². The monoisotopic (exact) mass is 279 g/mol. The molecule has 1 fully saturated rings. The first kappa shape index (κ1) is 15.3. The SMILES string of the molecule is Cc1ccc(OCC(O)CNOC2CCCC2)c(C)c1. The van der Waals surface area contributed by atoms with Gasteiger partial charge in [0.2, 0.25) is 0 Å². The van der Waals surface area contributed by atoms with Crippen molar-refractivity contribution >= 4 is 0 Å². The van der Waals surface area contributed by atoms with Gasteiger partial charge in [-0.3, -0.25) is 4.84 Å². The average molecular weight is 279 g/mol. The van der Waals surface area contributed by atoms with E-state index in [9.17, 15) is 5.11 Å². The molecule has 4 heteroatoms. The molecule has 1 atom stereocenters. The molecule has 2 N–H and O–H groups in total. The molecule has 0 amide bonds. The summed E-state index contributed by atoms with van der Waals surface area (Å²) in [6, 6.07) is 6.03. The number of aliphatic hydroxyl groups is 1. The summed E-state index contributed by atoms with van der Waals surface area (Å²) in [6.45, 7) is 4.72. The summed E-state index contributed by atoms with van der Waals surface area (Å²) >= 11 is 0. The van der Waals surface area contributed by atoms with Gasteiger partial charge in [0, 0.05) is 0 Å². The predicted molar refractivity (Wildman–Crippen MR) is 78.8 cm³/mol. The molecule has 0 heterocycles.